The van der Waals surface area contributed by atoms with E-state index in [1.807, 2.05) is 31.2 Å². The quantitative estimate of drug-likeness (QED) is 0.790. The average molecular weight is 206 g/mol. The normalized spacial score (nSPS) is 11.9. The molecule has 0 spiro atoms. The molecule has 2 N–H and O–H groups in total. The number of hydrogen-bond donors (Lipinski definition) is 1. The molecule has 0 heterocycles. The molecule has 0 fully saturated rings. The van der Waals surface area contributed by atoms with Crippen LogP contribution in [0.15, 0.2) is 24.3 Å². The lowest BCUT2D eigenvalue weighted by Gasteiger charge is -2.05. The van der Waals surface area contributed by atoms with Gasteiger partial charge < -0.3 is 5.73 Å². The Kier molecular flexibility index (Phi) is 5.31. The van der Waals surface area contributed by atoms with E-state index in [0.717, 1.165) is 17.0 Å². The number of nitrogens with two attached hydrogens (primary N) is 1. The fourth-order valence-corrected chi connectivity index (χ4v) is 1.22. The van der Waals surface area contributed by atoms with Crippen LogP contribution in [0.25, 0.3) is 0 Å². The molecule has 1 unspecified atom stereocenters. The zero-order valence-corrected chi connectivity index (χ0v) is 8.53. The van der Waals surface area contributed by atoms with E-state index in [1.165, 1.54) is 0 Å². The Morgan fingerprint density at radius 3 is 2.50 bits per heavy atom. The van der Waals surface area contributed by atoms with Crippen LogP contribution < -0.4 is 5.73 Å². The van der Waals surface area contributed by atoms with Gasteiger partial charge in [-0.2, -0.15) is 0 Å². The third-order valence-corrected chi connectivity index (χ3v) is 1.87. The summed E-state index contributed by atoms with van der Waals surface area (Å²) >= 11 is 5.91. The Labute approximate surface area is 84.3 Å². The van der Waals surface area contributed by atoms with Gasteiger partial charge in [0, 0.05) is 11.1 Å². The van der Waals surface area contributed by atoms with Gasteiger partial charge in [-0.15, -0.1) is 12.4 Å². The third-order valence-electron chi connectivity index (χ3n) is 1.50. The van der Waals surface area contributed by atoms with Crippen molar-refractivity contribution < 1.29 is 0 Å². The first kappa shape index (κ1) is 11.8. The van der Waals surface area contributed by atoms with Crippen molar-refractivity contribution in [3.63, 3.8) is 0 Å². The van der Waals surface area contributed by atoms with Gasteiger partial charge in [-0.1, -0.05) is 29.8 Å². The monoisotopic (exact) mass is 205 g/mol. The van der Waals surface area contributed by atoms with E-state index in [9.17, 15) is 0 Å². The van der Waals surface area contributed by atoms with Crippen LogP contribution in [0.5, 0.6) is 0 Å². The molecule has 1 nitrogen and oxygen atoms in total. The van der Waals surface area contributed by atoms with Crippen LogP contribution in [0, 0.1) is 0 Å². The van der Waals surface area contributed by atoms with Gasteiger partial charge in [-0.25, -0.2) is 0 Å². The van der Waals surface area contributed by atoms with E-state index in [4.69, 9.17) is 17.3 Å². The topological polar surface area (TPSA) is 26.0 Å². The molecule has 1 aromatic rings. The maximum absolute atomic E-state index is 5.91. The van der Waals surface area contributed by atoms with Crippen LogP contribution in [0.2, 0.25) is 5.02 Å². The summed E-state index contributed by atoms with van der Waals surface area (Å²) in [6.45, 7) is 1.98. The lowest BCUT2D eigenvalue weighted by Crippen LogP contribution is -2.17. The summed E-state index contributed by atoms with van der Waals surface area (Å²) in [6.07, 6.45) is 0.847. The highest BCUT2D eigenvalue weighted by atomic mass is 35.5. The molecule has 0 aromatic heterocycles. The largest absolute Gasteiger partial charge is 0.328 e. The van der Waals surface area contributed by atoms with Crippen LogP contribution in [0.4, 0.5) is 0 Å². The number of benzene rings is 1. The summed E-state index contributed by atoms with van der Waals surface area (Å²) < 4.78 is 0. The van der Waals surface area contributed by atoms with E-state index in [-0.39, 0.29) is 18.4 Å². The van der Waals surface area contributed by atoms with E-state index in [1.54, 1.807) is 0 Å². The second kappa shape index (κ2) is 5.41. The second-order valence-electron chi connectivity index (χ2n) is 2.77. The summed E-state index contributed by atoms with van der Waals surface area (Å²) in [5, 5.41) is 0.810. The molecule has 0 aliphatic carbocycles. The number of rotatable bonds is 2. The summed E-state index contributed by atoms with van der Waals surface area (Å²) in [5.41, 5.74) is 6.76. The van der Waals surface area contributed by atoms with E-state index >= 15 is 0 Å². The van der Waals surface area contributed by atoms with Crippen molar-refractivity contribution in [1.82, 2.24) is 0 Å². The molecule has 1 aromatic carbocycles. The number of hydrogen-bond acceptors (Lipinski definition) is 1. The maximum Gasteiger partial charge on any atom is 0.0438 e. The van der Waals surface area contributed by atoms with Crippen molar-refractivity contribution in [2.75, 3.05) is 0 Å². The zero-order chi connectivity index (χ0) is 8.27. The van der Waals surface area contributed by atoms with Gasteiger partial charge in [0.15, 0.2) is 0 Å². The van der Waals surface area contributed by atoms with E-state index in [2.05, 4.69) is 0 Å². The maximum atomic E-state index is 5.91. The Balaban J connectivity index is 0.00000121. The van der Waals surface area contributed by atoms with Crippen LogP contribution in [-0.4, -0.2) is 6.04 Å². The van der Waals surface area contributed by atoms with Gasteiger partial charge in [0.1, 0.15) is 0 Å². The molecule has 0 radical (unpaired) electrons. The molecule has 0 amide bonds. The molecular formula is C9H13Cl2N. The smallest absolute Gasteiger partial charge is 0.0438 e. The highest BCUT2D eigenvalue weighted by Gasteiger charge is 2.00. The minimum atomic E-state index is 0. The fraction of sp³-hybridized carbons (Fsp3) is 0.333. The lowest BCUT2D eigenvalue weighted by atomic mass is 10.1. The van der Waals surface area contributed by atoms with Crippen molar-refractivity contribution in [3.05, 3.63) is 34.9 Å². The lowest BCUT2D eigenvalue weighted by molar-refractivity contribution is 0.738. The Morgan fingerprint density at radius 1 is 1.42 bits per heavy atom. The summed E-state index contributed by atoms with van der Waals surface area (Å²) in [4.78, 5) is 0. The first-order chi connectivity index (χ1) is 5.20. The van der Waals surface area contributed by atoms with Crippen molar-refractivity contribution >= 4 is 24.0 Å². The SMILES string of the molecule is CC(N)Cc1ccccc1Cl.Cl. The Hall–Kier alpha value is -0.240. The molecule has 0 saturated carbocycles. The summed E-state index contributed by atoms with van der Waals surface area (Å²) in [7, 11) is 0. The minimum absolute atomic E-state index is 0. The molecule has 3 heteroatoms. The highest BCUT2D eigenvalue weighted by molar-refractivity contribution is 6.31. The third kappa shape index (κ3) is 3.44. The number of halogens is 2. The first-order valence-corrected chi connectivity index (χ1v) is 4.07. The first-order valence-electron chi connectivity index (χ1n) is 3.69. The average Bonchev–Trinajstić information content (AvgIpc) is 1.93. The molecule has 0 aliphatic heterocycles. The highest BCUT2D eigenvalue weighted by Crippen LogP contribution is 2.15. The van der Waals surface area contributed by atoms with E-state index < -0.39 is 0 Å². The van der Waals surface area contributed by atoms with Crippen LogP contribution in [-0.2, 0) is 6.42 Å². The van der Waals surface area contributed by atoms with Crippen LogP contribution in [0.1, 0.15) is 12.5 Å². The summed E-state index contributed by atoms with van der Waals surface area (Å²) in [6, 6.07) is 7.97. The van der Waals surface area contributed by atoms with Crippen LogP contribution >= 0.6 is 24.0 Å². The standard InChI is InChI=1S/C9H12ClN.ClH/c1-7(11)6-8-4-2-3-5-9(8)10;/h2-5,7H,6,11H2,1H3;1H. The molecule has 1 rings (SSSR count). The van der Waals surface area contributed by atoms with Gasteiger partial charge in [0.05, 0.1) is 0 Å². The fourth-order valence-electron chi connectivity index (χ4n) is 1.01. The van der Waals surface area contributed by atoms with Crippen molar-refractivity contribution in [2.24, 2.45) is 5.73 Å². The second-order valence-corrected chi connectivity index (χ2v) is 3.18. The van der Waals surface area contributed by atoms with Gasteiger partial charge in [0.25, 0.3) is 0 Å². The minimum Gasteiger partial charge on any atom is -0.328 e. The molecule has 12 heavy (non-hydrogen) atoms. The molecule has 0 bridgehead atoms. The van der Waals surface area contributed by atoms with Gasteiger partial charge >= 0.3 is 0 Å². The zero-order valence-electron chi connectivity index (χ0n) is 6.96. The molecular weight excluding hydrogens is 193 g/mol. The van der Waals surface area contributed by atoms with Crippen molar-refractivity contribution in [3.8, 4) is 0 Å². The van der Waals surface area contributed by atoms with Gasteiger partial charge in [-0.05, 0) is 25.0 Å². The Morgan fingerprint density at radius 2 is 2.00 bits per heavy atom. The van der Waals surface area contributed by atoms with Crippen molar-refractivity contribution in [2.45, 2.75) is 19.4 Å². The molecule has 1 atom stereocenters. The summed E-state index contributed by atoms with van der Waals surface area (Å²) in [5.74, 6) is 0. The van der Waals surface area contributed by atoms with E-state index in [0.29, 0.717) is 0 Å². The Bertz CT molecular complexity index is 236. The predicted octanol–water partition coefficient (Wildman–Crippen LogP) is 2.65. The van der Waals surface area contributed by atoms with Gasteiger partial charge in [0.2, 0.25) is 0 Å². The van der Waals surface area contributed by atoms with Crippen LogP contribution in [0.3, 0.4) is 0 Å². The molecule has 0 saturated heterocycles. The van der Waals surface area contributed by atoms with Gasteiger partial charge in [-0.3, -0.25) is 0 Å². The van der Waals surface area contributed by atoms with Crippen molar-refractivity contribution in [1.29, 1.82) is 0 Å². The molecule has 68 valence electrons. The molecule has 0 aliphatic rings. The predicted molar refractivity (Wildman–Crippen MR) is 56.1 cm³/mol.